The van der Waals surface area contributed by atoms with Gasteiger partial charge in [0.2, 0.25) is 0 Å². The van der Waals surface area contributed by atoms with E-state index in [2.05, 4.69) is 71.4 Å². The highest BCUT2D eigenvalue weighted by Crippen LogP contribution is 2.47. The Morgan fingerprint density at radius 2 is 1.35 bits per heavy atom. The number of hydrogen-bond donors (Lipinski definition) is 0. The van der Waals surface area contributed by atoms with Crippen molar-refractivity contribution in [1.82, 2.24) is 0 Å². The molecule has 3 heterocycles. The molecule has 0 aliphatic carbocycles. The van der Waals surface area contributed by atoms with E-state index in [1.807, 2.05) is 34.0 Å². The summed E-state index contributed by atoms with van der Waals surface area (Å²) in [5.41, 5.74) is 1.37. The Balaban J connectivity index is 1.86. The molecule has 3 heteroatoms. The molecule has 0 amide bonds. The van der Waals surface area contributed by atoms with Gasteiger partial charge in [0.25, 0.3) is 0 Å². The fourth-order valence-electron chi connectivity index (χ4n) is 3.04. The van der Waals surface area contributed by atoms with Gasteiger partial charge in [-0.15, -0.1) is 34.0 Å². The Kier molecular flexibility index (Phi) is 3.11. The molecule has 0 nitrogen and oxygen atoms in total. The normalized spacial score (nSPS) is 11.5. The Hall–Kier alpha value is -1.94. The molecule has 23 heavy (non-hydrogen) atoms. The highest BCUT2D eigenvalue weighted by Gasteiger charge is 2.16. The van der Waals surface area contributed by atoms with Gasteiger partial charge in [-0.2, -0.15) is 0 Å². The molecule has 0 spiro atoms. The zero-order valence-corrected chi connectivity index (χ0v) is 14.6. The van der Waals surface area contributed by atoms with E-state index in [9.17, 15) is 0 Å². The molecule has 0 radical (unpaired) electrons. The van der Waals surface area contributed by atoms with E-state index < -0.39 is 0 Å². The number of thiophene rings is 3. The lowest BCUT2D eigenvalue weighted by Crippen LogP contribution is -1.71. The van der Waals surface area contributed by atoms with Crippen molar-refractivity contribution in [1.29, 1.82) is 0 Å². The predicted octanol–water partition coefficient (Wildman–Crippen LogP) is 7.51. The van der Waals surface area contributed by atoms with E-state index in [4.69, 9.17) is 0 Å². The van der Waals surface area contributed by atoms with Crippen LogP contribution in [0, 0.1) is 0 Å². The number of hydrogen-bond acceptors (Lipinski definition) is 3. The molecule has 0 unspecified atom stereocenters. The first-order valence-corrected chi connectivity index (χ1v) is 10.0. The van der Waals surface area contributed by atoms with Gasteiger partial charge in [0.1, 0.15) is 0 Å². The summed E-state index contributed by atoms with van der Waals surface area (Å²) in [6.07, 6.45) is 0. The lowest BCUT2D eigenvalue weighted by molar-refractivity contribution is 1.82. The molecule has 110 valence electrons. The van der Waals surface area contributed by atoms with Gasteiger partial charge in [-0.25, -0.2) is 0 Å². The maximum atomic E-state index is 2.31. The second-order valence-corrected chi connectivity index (χ2v) is 8.31. The molecule has 3 aromatic heterocycles. The average Bonchev–Trinajstić information content (AvgIpc) is 3.32. The van der Waals surface area contributed by atoms with Gasteiger partial charge >= 0.3 is 0 Å². The molecule has 0 atom stereocenters. The van der Waals surface area contributed by atoms with Crippen LogP contribution < -0.4 is 0 Å². The van der Waals surface area contributed by atoms with E-state index in [0.29, 0.717) is 0 Å². The molecule has 0 saturated heterocycles. The standard InChI is InChI=1S/C20H12S3/c1-2-8-15-14(7-1)19(23-20(15)18-10-5-11-21-18)16-12-22-17-9-4-3-6-13(16)17/h1-12H. The van der Waals surface area contributed by atoms with Crippen LogP contribution in [0.4, 0.5) is 0 Å². The summed E-state index contributed by atoms with van der Waals surface area (Å²) in [4.78, 5) is 4.14. The highest BCUT2D eigenvalue weighted by molar-refractivity contribution is 7.25. The summed E-state index contributed by atoms with van der Waals surface area (Å²) in [6, 6.07) is 21.8. The minimum Gasteiger partial charge on any atom is -0.143 e. The van der Waals surface area contributed by atoms with Gasteiger partial charge in [-0.1, -0.05) is 48.5 Å². The molecule has 0 aliphatic rings. The van der Waals surface area contributed by atoms with Crippen molar-refractivity contribution >= 4 is 54.9 Å². The third kappa shape index (κ3) is 2.08. The van der Waals surface area contributed by atoms with Crippen molar-refractivity contribution in [2.45, 2.75) is 0 Å². The van der Waals surface area contributed by atoms with Gasteiger partial charge in [-0.05, 0) is 17.5 Å². The lowest BCUT2D eigenvalue weighted by atomic mass is 10.1. The minimum absolute atomic E-state index is 1.36. The van der Waals surface area contributed by atoms with Crippen LogP contribution in [0.1, 0.15) is 0 Å². The van der Waals surface area contributed by atoms with Crippen LogP contribution in [0.5, 0.6) is 0 Å². The Labute approximate surface area is 146 Å². The summed E-state index contributed by atoms with van der Waals surface area (Å²) < 4.78 is 1.36. The first-order valence-electron chi connectivity index (χ1n) is 7.44. The van der Waals surface area contributed by atoms with Gasteiger partial charge in [-0.3, -0.25) is 0 Å². The van der Waals surface area contributed by atoms with Crippen molar-refractivity contribution in [3.63, 3.8) is 0 Å². The molecule has 2 aromatic carbocycles. The lowest BCUT2D eigenvalue weighted by Gasteiger charge is -1.97. The molecule has 0 N–H and O–H groups in total. The fraction of sp³-hybridized carbons (Fsp3) is 0. The maximum Gasteiger partial charge on any atom is 0.0527 e. The Morgan fingerprint density at radius 3 is 2.13 bits per heavy atom. The molecular formula is C20H12S3. The summed E-state index contributed by atoms with van der Waals surface area (Å²) in [6.45, 7) is 0. The Bertz CT molecular complexity index is 1110. The number of benzene rings is 2. The second-order valence-electron chi connectivity index (χ2n) is 5.43. The van der Waals surface area contributed by atoms with Gasteiger partial charge in [0.15, 0.2) is 0 Å². The zero-order chi connectivity index (χ0) is 15.2. The fourth-order valence-corrected chi connectivity index (χ4v) is 6.24. The third-order valence-electron chi connectivity index (χ3n) is 4.09. The molecule has 0 saturated carbocycles. The monoisotopic (exact) mass is 348 g/mol. The van der Waals surface area contributed by atoms with Crippen LogP contribution in [0.15, 0.2) is 71.4 Å². The van der Waals surface area contributed by atoms with E-state index in [0.717, 1.165) is 0 Å². The largest absolute Gasteiger partial charge is 0.143 e. The first kappa shape index (κ1) is 13.5. The topological polar surface area (TPSA) is 0 Å². The van der Waals surface area contributed by atoms with Gasteiger partial charge in [0, 0.05) is 41.6 Å². The van der Waals surface area contributed by atoms with Crippen LogP contribution in [0.25, 0.3) is 41.1 Å². The van der Waals surface area contributed by atoms with Crippen LogP contribution in [-0.2, 0) is 0 Å². The quantitative estimate of drug-likeness (QED) is 0.309. The van der Waals surface area contributed by atoms with Crippen molar-refractivity contribution in [2.75, 3.05) is 0 Å². The average molecular weight is 349 g/mol. The minimum atomic E-state index is 1.36. The Morgan fingerprint density at radius 1 is 0.609 bits per heavy atom. The van der Waals surface area contributed by atoms with E-state index in [1.54, 1.807) is 0 Å². The van der Waals surface area contributed by atoms with Crippen molar-refractivity contribution in [3.8, 4) is 20.2 Å². The molecule has 5 aromatic rings. The second kappa shape index (κ2) is 5.31. The van der Waals surface area contributed by atoms with Gasteiger partial charge in [0.05, 0.1) is 4.88 Å². The van der Waals surface area contributed by atoms with Crippen LogP contribution in [-0.4, -0.2) is 0 Å². The SMILES string of the molecule is c1csc(-c2sc(-c3csc4ccccc34)c3ccccc23)c1. The van der Waals surface area contributed by atoms with Crippen LogP contribution in [0.2, 0.25) is 0 Å². The molecule has 0 aliphatic heterocycles. The van der Waals surface area contributed by atoms with Crippen molar-refractivity contribution in [2.24, 2.45) is 0 Å². The zero-order valence-electron chi connectivity index (χ0n) is 12.2. The van der Waals surface area contributed by atoms with E-state index in [1.165, 1.54) is 41.1 Å². The molecular weight excluding hydrogens is 336 g/mol. The summed E-state index contributed by atoms with van der Waals surface area (Å²) in [5.74, 6) is 0. The summed E-state index contributed by atoms with van der Waals surface area (Å²) in [7, 11) is 0. The molecule has 5 rings (SSSR count). The van der Waals surface area contributed by atoms with E-state index in [-0.39, 0.29) is 0 Å². The van der Waals surface area contributed by atoms with Gasteiger partial charge < -0.3 is 0 Å². The highest BCUT2D eigenvalue weighted by atomic mass is 32.1. The molecule has 0 fully saturated rings. The van der Waals surface area contributed by atoms with Crippen LogP contribution in [0.3, 0.4) is 0 Å². The first-order chi connectivity index (χ1) is 11.4. The van der Waals surface area contributed by atoms with Crippen LogP contribution >= 0.6 is 34.0 Å². The maximum absolute atomic E-state index is 2.31. The molecule has 0 bridgehead atoms. The smallest absolute Gasteiger partial charge is 0.0527 e. The van der Waals surface area contributed by atoms with Crippen molar-refractivity contribution < 1.29 is 0 Å². The third-order valence-corrected chi connectivity index (χ3v) is 7.36. The summed E-state index contributed by atoms with van der Waals surface area (Å²) >= 11 is 5.57. The summed E-state index contributed by atoms with van der Waals surface area (Å²) in [5, 5.41) is 8.56. The number of fused-ring (bicyclic) bond motifs is 2. The van der Waals surface area contributed by atoms with Crippen molar-refractivity contribution in [3.05, 3.63) is 71.4 Å². The van der Waals surface area contributed by atoms with E-state index >= 15 is 0 Å². The predicted molar refractivity (Wildman–Crippen MR) is 106 cm³/mol. The number of rotatable bonds is 2.